The normalized spacial score (nSPS) is 13.4. The third-order valence-corrected chi connectivity index (χ3v) is 4.04. The van der Waals surface area contributed by atoms with Gasteiger partial charge in [-0.1, -0.05) is 6.07 Å². The molecule has 0 unspecified atom stereocenters. The lowest BCUT2D eigenvalue weighted by Gasteiger charge is -2.20. The summed E-state index contributed by atoms with van der Waals surface area (Å²) in [6, 6.07) is 8.58. The Balaban J connectivity index is 1.69. The van der Waals surface area contributed by atoms with Crippen LogP contribution in [0.3, 0.4) is 0 Å². The number of nitrogens with one attached hydrogen (secondary N) is 1. The van der Waals surface area contributed by atoms with Crippen molar-refractivity contribution in [3.8, 4) is 11.5 Å². The van der Waals surface area contributed by atoms with Crippen molar-refractivity contribution in [2.45, 2.75) is 25.9 Å². The Kier molecular flexibility index (Phi) is 5.09. The number of ether oxygens (including phenoxy) is 1. The van der Waals surface area contributed by atoms with Crippen LogP contribution < -0.4 is 10.1 Å². The summed E-state index contributed by atoms with van der Waals surface area (Å²) < 4.78 is 21.7. The highest BCUT2D eigenvalue weighted by molar-refractivity contribution is 5.34. The van der Waals surface area contributed by atoms with Gasteiger partial charge in [0.1, 0.15) is 5.75 Å². The van der Waals surface area contributed by atoms with E-state index < -0.39 is 5.82 Å². The van der Waals surface area contributed by atoms with Gasteiger partial charge in [0.25, 0.3) is 0 Å². The average molecular weight is 340 g/mol. The fraction of sp³-hybridized carbons (Fsp3) is 0.263. The van der Waals surface area contributed by atoms with Crippen LogP contribution in [0, 0.1) is 5.82 Å². The van der Waals surface area contributed by atoms with E-state index >= 15 is 0 Å². The quantitative estimate of drug-likeness (QED) is 0.732. The maximum atomic E-state index is 14.4. The number of pyridine rings is 1. The fourth-order valence-corrected chi connectivity index (χ4v) is 2.63. The summed E-state index contributed by atoms with van der Waals surface area (Å²) in [5, 5.41) is 7.63. The molecule has 2 heterocycles. The zero-order chi connectivity index (χ0) is 17.8. The van der Waals surface area contributed by atoms with Gasteiger partial charge < -0.3 is 10.1 Å². The number of aromatic nitrogens is 3. The SMILES string of the molecule is C[C@H](N[C@H](C)c1ccc(Oc2cccnc2)c(F)c1)c1cnn(C)c1. The molecule has 2 aromatic heterocycles. The van der Waals surface area contributed by atoms with Crippen molar-refractivity contribution in [1.82, 2.24) is 20.1 Å². The van der Waals surface area contributed by atoms with Gasteiger partial charge in [0.2, 0.25) is 0 Å². The van der Waals surface area contributed by atoms with Crippen LogP contribution in [0.15, 0.2) is 55.1 Å². The van der Waals surface area contributed by atoms with E-state index in [9.17, 15) is 4.39 Å². The molecule has 0 amide bonds. The van der Waals surface area contributed by atoms with Crippen LogP contribution in [0.25, 0.3) is 0 Å². The van der Waals surface area contributed by atoms with E-state index in [0.717, 1.165) is 11.1 Å². The van der Waals surface area contributed by atoms with Gasteiger partial charge in [-0.2, -0.15) is 5.10 Å². The predicted octanol–water partition coefficient (Wildman–Crippen LogP) is 4.16. The molecular weight excluding hydrogens is 319 g/mol. The van der Waals surface area contributed by atoms with Crippen LogP contribution in [-0.2, 0) is 7.05 Å². The summed E-state index contributed by atoms with van der Waals surface area (Å²) in [7, 11) is 1.88. The molecule has 0 aliphatic carbocycles. The largest absolute Gasteiger partial charge is 0.453 e. The number of hydrogen-bond donors (Lipinski definition) is 1. The minimum Gasteiger partial charge on any atom is -0.453 e. The van der Waals surface area contributed by atoms with Crippen molar-refractivity contribution in [3.05, 3.63) is 72.1 Å². The minimum absolute atomic E-state index is 0.0165. The predicted molar refractivity (Wildman–Crippen MR) is 93.9 cm³/mol. The number of rotatable bonds is 6. The van der Waals surface area contributed by atoms with Crippen molar-refractivity contribution in [3.63, 3.8) is 0 Å². The van der Waals surface area contributed by atoms with Crippen LogP contribution in [0.2, 0.25) is 0 Å². The molecule has 3 aromatic rings. The van der Waals surface area contributed by atoms with E-state index in [4.69, 9.17) is 4.74 Å². The van der Waals surface area contributed by atoms with Crippen LogP contribution in [0.5, 0.6) is 11.5 Å². The number of nitrogens with zero attached hydrogens (tertiary/aromatic N) is 3. The Morgan fingerprint density at radius 3 is 2.56 bits per heavy atom. The number of hydrogen-bond acceptors (Lipinski definition) is 4. The van der Waals surface area contributed by atoms with Crippen LogP contribution in [0.1, 0.15) is 37.1 Å². The first-order valence-electron chi connectivity index (χ1n) is 8.15. The van der Waals surface area contributed by atoms with E-state index in [0.29, 0.717) is 5.75 Å². The Labute approximate surface area is 146 Å². The maximum absolute atomic E-state index is 14.4. The molecule has 130 valence electrons. The van der Waals surface area contributed by atoms with E-state index in [1.165, 1.54) is 6.07 Å². The molecule has 3 rings (SSSR count). The molecule has 0 radical (unpaired) electrons. The maximum Gasteiger partial charge on any atom is 0.166 e. The van der Waals surface area contributed by atoms with Crippen LogP contribution in [0.4, 0.5) is 4.39 Å². The van der Waals surface area contributed by atoms with E-state index in [-0.39, 0.29) is 17.8 Å². The van der Waals surface area contributed by atoms with Crippen LogP contribution in [-0.4, -0.2) is 14.8 Å². The average Bonchev–Trinajstić information content (AvgIpc) is 3.04. The highest BCUT2D eigenvalue weighted by Crippen LogP contribution is 2.27. The van der Waals surface area contributed by atoms with Crippen molar-refractivity contribution < 1.29 is 9.13 Å². The first-order chi connectivity index (χ1) is 12.0. The Hall–Kier alpha value is -2.73. The van der Waals surface area contributed by atoms with Crippen molar-refractivity contribution in [2.75, 3.05) is 0 Å². The number of halogens is 1. The van der Waals surface area contributed by atoms with Gasteiger partial charge in [0, 0.05) is 37.1 Å². The highest BCUT2D eigenvalue weighted by Gasteiger charge is 2.15. The molecule has 0 aliphatic rings. The molecule has 0 spiro atoms. The zero-order valence-electron chi connectivity index (χ0n) is 14.5. The second-order valence-electron chi connectivity index (χ2n) is 6.04. The van der Waals surface area contributed by atoms with Gasteiger partial charge in [-0.3, -0.25) is 9.67 Å². The van der Waals surface area contributed by atoms with E-state index in [1.807, 2.05) is 32.4 Å². The lowest BCUT2D eigenvalue weighted by Crippen LogP contribution is -2.22. The number of benzene rings is 1. The molecule has 6 heteroatoms. The molecule has 0 bridgehead atoms. The monoisotopic (exact) mass is 340 g/mol. The molecule has 0 saturated heterocycles. The molecule has 1 N–H and O–H groups in total. The molecule has 0 aliphatic heterocycles. The standard InChI is InChI=1S/C19H21FN4O/c1-13(23-14(2)16-10-22-24(3)12-16)15-6-7-19(18(20)9-15)25-17-5-4-8-21-11-17/h4-14,23H,1-3H3/t13-,14+/m1/s1. The molecule has 0 fully saturated rings. The zero-order valence-corrected chi connectivity index (χ0v) is 14.5. The smallest absolute Gasteiger partial charge is 0.166 e. The highest BCUT2D eigenvalue weighted by atomic mass is 19.1. The summed E-state index contributed by atoms with van der Waals surface area (Å²) in [5.41, 5.74) is 1.94. The van der Waals surface area contributed by atoms with Gasteiger partial charge in [0.05, 0.1) is 12.4 Å². The summed E-state index contributed by atoms with van der Waals surface area (Å²) in [5.74, 6) is 0.291. The number of aryl methyl sites for hydroxylation is 1. The first kappa shape index (κ1) is 17.1. The third-order valence-electron chi connectivity index (χ3n) is 4.04. The Morgan fingerprint density at radius 2 is 1.92 bits per heavy atom. The lowest BCUT2D eigenvalue weighted by molar-refractivity contribution is 0.437. The molecule has 2 atom stereocenters. The second-order valence-corrected chi connectivity index (χ2v) is 6.04. The van der Waals surface area contributed by atoms with E-state index in [1.54, 1.807) is 35.3 Å². The Bertz CT molecular complexity index is 834. The van der Waals surface area contributed by atoms with Crippen LogP contribution >= 0.6 is 0 Å². The van der Waals surface area contributed by atoms with Gasteiger partial charge >= 0.3 is 0 Å². The van der Waals surface area contributed by atoms with Gasteiger partial charge in [-0.05, 0) is 43.7 Å². The van der Waals surface area contributed by atoms with Crippen molar-refractivity contribution >= 4 is 0 Å². The summed E-state index contributed by atoms with van der Waals surface area (Å²) in [6.07, 6.45) is 6.99. The lowest BCUT2D eigenvalue weighted by atomic mass is 10.1. The summed E-state index contributed by atoms with van der Waals surface area (Å²) in [4.78, 5) is 3.96. The third kappa shape index (κ3) is 4.22. The van der Waals surface area contributed by atoms with E-state index in [2.05, 4.69) is 22.3 Å². The summed E-state index contributed by atoms with van der Waals surface area (Å²) in [6.45, 7) is 4.06. The molecular formula is C19H21FN4O. The Morgan fingerprint density at radius 1 is 1.12 bits per heavy atom. The van der Waals surface area contributed by atoms with Gasteiger partial charge in [-0.15, -0.1) is 0 Å². The molecule has 0 saturated carbocycles. The van der Waals surface area contributed by atoms with Crippen molar-refractivity contribution in [1.29, 1.82) is 0 Å². The molecule has 25 heavy (non-hydrogen) atoms. The van der Waals surface area contributed by atoms with Gasteiger partial charge in [-0.25, -0.2) is 4.39 Å². The fourth-order valence-electron chi connectivity index (χ4n) is 2.63. The molecule has 1 aromatic carbocycles. The molecule has 5 nitrogen and oxygen atoms in total. The first-order valence-corrected chi connectivity index (χ1v) is 8.15. The van der Waals surface area contributed by atoms with Crippen molar-refractivity contribution in [2.24, 2.45) is 7.05 Å². The topological polar surface area (TPSA) is 52.0 Å². The second kappa shape index (κ2) is 7.44. The minimum atomic E-state index is -0.399. The summed E-state index contributed by atoms with van der Waals surface area (Å²) >= 11 is 0. The van der Waals surface area contributed by atoms with Gasteiger partial charge in [0.15, 0.2) is 11.6 Å².